The molecule has 1 aromatic carbocycles. The molecule has 0 saturated carbocycles. The average molecular weight is 287 g/mol. The summed E-state index contributed by atoms with van der Waals surface area (Å²) in [6.45, 7) is 6.07. The van der Waals surface area contributed by atoms with Crippen molar-refractivity contribution in [3.8, 4) is 5.75 Å². The van der Waals surface area contributed by atoms with Gasteiger partial charge in [-0.2, -0.15) is 0 Å². The van der Waals surface area contributed by atoms with E-state index < -0.39 is 6.10 Å². The highest BCUT2D eigenvalue weighted by atomic mass is 16.5. The van der Waals surface area contributed by atoms with E-state index in [0.717, 1.165) is 17.1 Å². The van der Waals surface area contributed by atoms with Crippen molar-refractivity contribution in [2.45, 2.75) is 33.4 Å². The summed E-state index contributed by atoms with van der Waals surface area (Å²) >= 11 is 0. The third-order valence-electron chi connectivity index (χ3n) is 3.22. The molecule has 0 aliphatic rings. The lowest BCUT2D eigenvalue weighted by Crippen LogP contribution is -2.37. The largest absolute Gasteiger partial charge is 0.481 e. The molecule has 4 nitrogen and oxygen atoms in total. The number of rotatable bonds is 5. The van der Waals surface area contributed by atoms with Crippen LogP contribution in [0.4, 0.5) is 0 Å². The molecule has 0 aliphatic carbocycles. The highest BCUT2D eigenvalue weighted by molar-refractivity contribution is 5.80. The molecule has 0 bridgehead atoms. The van der Waals surface area contributed by atoms with Crippen molar-refractivity contribution in [1.29, 1.82) is 0 Å². The Morgan fingerprint density at radius 3 is 2.67 bits per heavy atom. The normalized spacial score (nSPS) is 12.0. The predicted molar refractivity (Wildman–Crippen MR) is 81.2 cm³/mol. The highest BCUT2D eigenvalue weighted by Crippen LogP contribution is 2.16. The lowest BCUT2D eigenvalue weighted by molar-refractivity contribution is -0.137. The zero-order valence-corrected chi connectivity index (χ0v) is 12.9. The van der Waals surface area contributed by atoms with Crippen LogP contribution in [0.3, 0.4) is 0 Å². The molecule has 21 heavy (non-hydrogen) atoms. The molecule has 2 rings (SSSR count). The fourth-order valence-electron chi connectivity index (χ4n) is 2.14. The van der Waals surface area contributed by atoms with E-state index in [0.29, 0.717) is 12.3 Å². The van der Waals surface area contributed by atoms with Gasteiger partial charge < -0.3 is 14.1 Å². The fraction of sp³-hybridized carbons (Fsp3) is 0.353. The maximum Gasteiger partial charge on any atom is 0.263 e. The van der Waals surface area contributed by atoms with Crippen LogP contribution < -0.4 is 4.74 Å². The van der Waals surface area contributed by atoms with Crippen LogP contribution in [0.2, 0.25) is 0 Å². The molecule has 0 N–H and O–H groups in total. The van der Waals surface area contributed by atoms with E-state index in [2.05, 4.69) is 0 Å². The second-order valence-electron chi connectivity index (χ2n) is 5.28. The molecule has 0 fully saturated rings. The topological polar surface area (TPSA) is 42.7 Å². The zero-order valence-electron chi connectivity index (χ0n) is 12.9. The van der Waals surface area contributed by atoms with Gasteiger partial charge in [0.2, 0.25) is 0 Å². The van der Waals surface area contributed by atoms with Crippen LogP contribution in [0.5, 0.6) is 5.75 Å². The number of furan rings is 1. The van der Waals surface area contributed by atoms with Crippen molar-refractivity contribution in [2.75, 3.05) is 7.05 Å². The molecule has 1 atom stereocenters. The Hall–Kier alpha value is -2.23. The standard InChI is InChI=1S/C17H21NO3/c1-12-6-5-7-15(10-12)21-14(3)17(19)18(4)11-16-9-8-13(2)20-16/h5-10,14H,11H2,1-4H3. The third-order valence-corrected chi connectivity index (χ3v) is 3.22. The van der Waals surface area contributed by atoms with Gasteiger partial charge in [-0.25, -0.2) is 0 Å². The number of hydrogen-bond acceptors (Lipinski definition) is 3. The number of benzene rings is 1. The number of carbonyl (C=O) groups excluding carboxylic acids is 1. The van der Waals surface area contributed by atoms with Crippen molar-refractivity contribution in [1.82, 2.24) is 4.90 Å². The molecule has 4 heteroatoms. The van der Waals surface area contributed by atoms with E-state index in [4.69, 9.17) is 9.15 Å². The first kappa shape index (κ1) is 15.2. The zero-order chi connectivity index (χ0) is 15.4. The lowest BCUT2D eigenvalue weighted by Gasteiger charge is -2.21. The van der Waals surface area contributed by atoms with Gasteiger partial charge in [-0.05, 0) is 50.6 Å². The Morgan fingerprint density at radius 2 is 2.05 bits per heavy atom. The molecule has 0 aliphatic heterocycles. The van der Waals surface area contributed by atoms with Crippen molar-refractivity contribution in [3.63, 3.8) is 0 Å². The van der Waals surface area contributed by atoms with Gasteiger partial charge in [-0.3, -0.25) is 4.79 Å². The number of amides is 1. The van der Waals surface area contributed by atoms with Crippen LogP contribution in [-0.2, 0) is 11.3 Å². The first-order valence-corrected chi connectivity index (χ1v) is 6.99. The van der Waals surface area contributed by atoms with E-state index >= 15 is 0 Å². The first-order valence-electron chi connectivity index (χ1n) is 6.99. The Morgan fingerprint density at radius 1 is 1.29 bits per heavy atom. The number of carbonyl (C=O) groups is 1. The predicted octanol–water partition coefficient (Wildman–Crippen LogP) is 3.32. The van der Waals surface area contributed by atoms with Crippen LogP contribution in [0, 0.1) is 13.8 Å². The Balaban J connectivity index is 1.95. The molecule has 0 saturated heterocycles. The number of hydrogen-bond donors (Lipinski definition) is 0. The summed E-state index contributed by atoms with van der Waals surface area (Å²) in [5.41, 5.74) is 1.10. The van der Waals surface area contributed by atoms with Crippen molar-refractivity contribution in [3.05, 3.63) is 53.5 Å². The molecular formula is C17H21NO3. The van der Waals surface area contributed by atoms with Crippen LogP contribution in [0.25, 0.3) is 0 Å². The number of ether oxygens (including phenoxy) is 1. The molecular weight excluding hydrogens is 266 g/mol. The SMILES string of the molecule is Cc1cccc(OC(C)C(=O)N(C)Cc2ccc(C)o2)c1. The summed E-state index contributed by atoms with van der Waals surface area (Å²) in [4.78, 5) is 13.9. The lowest BCUT2D eigenvalue weighted by atomic mass is 10.2. The smallest absolute Gasteiger partial charge is 0.263 e. The molecule has 1 unspecified atom stereocenters. The van der Waals surface area contributed by atoms with Crippen molar-refractivity contribution < 1.29 is 13.9 Å². The molecule has 1 aromatic heterocycles. The van der Waals surface area contributed by atoms with Gasteiger partial charge in [0.1, 0.15) is 17.3 Å². The van der Waals surface area contributed by atoms with Gasteiger partial charge in [0.25, 0.3) is 5.91 Å². The van der Waals surface area contributed by atoms with Gasteiger partial charge in [0.05, 0.1) is 6.54 Å². The summed E-state index contributed by atoms with van der Waals surface area (Å²) < 4.78 is 11.2. The van der Waals surface area contributed by atoms with Gasteiger partial charge in [0, 0.05) is 7.05 Å². The molecule has 0 radical (unpaired) electrons. The van der Waals surface area contributed by atoms with E-state index in [-0.39, 0.29) is 5.91 Å². The summed E-state index contributed by atoms with van der Waals surface area (Å²) in [5.74, 6) is 2.24. The van der Waals surface area contributed by atoms with Crippen molar-refractivity contribution in [2.24, 2.45) is 0 Å². The molecule has 1 heterocycles. The molecule has 0 spiro atoms. The maximum absolute atomic E-state index is 12.3. The van der Waals surface area contributed by atoms with Crippen LogP contribution in [0.15, 0.2) is 40.8 Å². The van der Waals surface area contributed by atoms with E-state index in [1.807, 2.05) is 50.2 Å². The van der Waals surface area contributed by atoms with Crippen LogP contribution in [-0.4, -0.2) is 24.0 Å². The Bertz CT molecular complexity index is 618. The highest BCUT2D eigenvalue weighted by Gasteiger charge is 2.20. The molecule has 112 valence electrons. The first-order chi connectivity index (χ1) is 9.95. The van der Waals surface area contributed by atoms with Gasteiger partial charge in [0.15, 0.2) is 6.10 Å². The van der Waals surface area contributed by atoms with Gasteiger partial charge in [-0.1, -0.05) is 12.1 Å². The van der Waals surface area contributed by atoms with Crippen LogP contribution >= 0.6 is 0 Å². The quantitative estimate of drug-likeness (QED) is 0.847. The van der Waals surface area contributed by atoms with E-state index in [1.54, 1.807) is 18.9 Å². The van der Waals surface area contributed by atoms with Crippen LogP contribution in [0.1, 0.15) is 24.0 Å². The van der Waals surface area contributed by atoms with Crippen molar-refractivity contribution >= 4 is 5.91 Å². The minimum Gasteiger partial charge on any atom is -0.481 e. The second-order valence-corrected chi connectivity index (χ2v) is 5.28. The van der Waals surface area contributed by atoms with E-state index in [1.165, 1.54) is 0 Å². The minimum absolute atomic E-state index is 0.0782. The number of aryl methyl sites for hydroxylation is 2. The van der Waals surface area contributed by atoms with Gasteiger partial charge in [-0.15, -0.1) is 0 Å². The second kappa shape index (κ2) is 6.48. The molecule has 2 aromatic rings. The molecule has 1 amide bonds. The summed E-state index contributed by atoms with van der Waals surface area (Å²) in [5, 5.41) is 0. The monoisotopic (exact) mass is 287 g/mol. The third kappa shape index (κ3) is 4.12. The Kier molecular flexibility index (Phi) is 4.68. The number of likely N-dealkylation sites (N-methyl/N-ethyl adjacent to an activating group) is 1. The van der Waals surface area contributed by atoms with E-state index in [9.17, 15) is 4.79 Å². The maximum atomic E-state index is 12.3. The minimum atomic E-state index is -0.534. The van der Waals surface area contributed by atoms with Gasteiger partial charge >= 0.3 is 0 Å². The Labute approximate surface area is 125 Å². The summed E-state index contributed by atoms with van der Waals surface area (Å²) in [7, 11) is 1.75. The summed E-state index contributed by atoms with van der Waals surface area (Å²) in [6, 6.07) is 11.4. The number of nitrogens with zero attached hydrogens (tertiary/aromatic N) is 1. The summed E-state index contributed by atoms with van der Waals surface area (Å²) in [6.07, 6.45) is -0.534. The average Bonchev–Trinajstić information content (AvgIpc) is 2.83. The fourth-order valence-corrected chi connectivity index (χ4v) is 2.14.